The summed E-state index contributed by atoms with van der Waals surface area (Å²) >= 11 is 6.13. The van der Waals surface area contributed by atoms with Gasteiger partial charge < -0.3 is 14.6 Å². The van der Waals surface area contributed by atoms with Crippen molar-refractivity contribution in [3.63, 3.8) is 0 Å². The van der Waals surface area contributed by atoms with E-state index in [0.717, 1.165) is 25.3 Å². The highest BCUT2D eigenvalue weighted by Gasteiger charge is 2.21. The van der Waals surface area contributed by atoms with Crippen LogP contribution in [0, 0.1) is 0 Å². The summed E-state index contributed by atoms with van der Waals surface area (Å²) in [5.74, 6) is 1.25. The first-order chi connectivity index (χ1) is 12.4. The Bertz CT molecular complexity index is 850. The van der Waals surface area contributed by atoms with Crippen molar-refractivity contribution >= 4 is 17.4 Å². The highest BCUT2D eigenvalue weighted by atomic mass is 35.5. The number of methoxy groups -OCH3 is 2. The van der Waals surface area contributed by atoms with Crippen molar-refractivity contribution in [2.75, 3.05) is 20.8 Å². The molecule has 0 atom stereocenters. The van der Waals surface area contributed by atoms with E-state index < -0.39 is 0 Å². The molecular weight excluding hydrogens is 354 g/mol. The smallest absolute Gasteiger partial charge is 0.163 e. The van der Waals surface area contributed by atoms with Crippen molar-refractivity contribution in [3.05, 3.63) is 51.5 Å². The molecule has 0 aliphatic carbocycles. The number of rotatable bonds is 5. The average molecular weight is 376 g/mol. The molecule has 0 bridgehead atoms. The second-order valence-electron chi connectivity index (χ2n) is 6.45. The van der Waals surface area contributed by atoms with Gasteiger partial charge in [0.05, 0.1) is 19.8 Å². The molecule has 0 unspecified atom stereocenters. The zero-order valence-corrected chi connectivity index (χ0v) is 15.9. The molecule has 1 aliphatic heterocycles. The molecule has 1 heterocycles. The number of ketones is 1. The Hall–Kier alpha value is -2.24. The SMILES string of the molecule is COc1cc2c(cc1OC)CN(Cc1cc(Cl)cc(C(C)=O)c1O)CC2. The Morgan fingerprint density at radius 1 is 1.15 bits per heavy atom. The summed E-state index contributed by atoms with van der Waals surface area (Å²) in [7, 11) is 3.26. The van der Waals surface area contributed by atoms with Gasteiger partial charge in [-0.25, -0.2) is 0 Å². The van der Waals surface area contributed by atoms with E-state index >= 15 is 0 Å². The molecule has 0 fully saturated rings. The highest BCUT2D eigenvalue weighted by Crippen LogP contribution is 2.34. The minimum absolute atomic E-state index is 0.0139. The van der Waals surface area contributed by atoms with Gasteiger partial charge in [0, 0.05) is 30.2 Å². The topological polar surface area (TPSA) is 59.0 Å². The van der Waals surface area contributed by atoms with Gasteiger partial charge in [0.2, 0.25) is 0 Å². The van der Waals surface area contributed by atoms with Crippen molar-refractivity contribution in [1.29, 1.82) is 0 Å². The zero-order chi connectivity index (χ0) is 18.8. The minimum atomic E-state index is -0.202. The monoisotopic (exact) mass is 375 g/mol. The van der Waals surface area contributed by atoms with Crippen LogP contribution in [0.3, 0.4) is 0 Å². The van der Waals surface area contributed by atoms with E-state index in [9.17, 15) is 9.90 Å². The zero-order valence-electron chi connectivity index (χ0n) is 15.1. The quantitative estimate of drug-likeness (QED) is 0.805. The number of ether oxygens (including phenoxy) is 2. The third-order valence-corrected chi connectivity index (χ3v) is 4.94. The van der Waals surface area contributed by atoms with Crippen LogP contribution in [0.15, 0.2) is 24.3 Å². The summed E-state index contributed by atoms with van der Waals surface area (Å²) in [6, 6.07) is 7.24. The van der Waals surface area contributed by atoms with E-state index in [1.807, 2.05) is 12.1 Å². The molecule has 0 radical (unpaired) electrons. The molecule has 0 amide bonds. The van der Waals surface area contributed by atoms with Crippen LogP contribution in [0.5, 0.6) is 17.2 Å². The van der Waals surface area contributed by atoms with Crippen LogP contribution in [0.25, 0.3) is 0 Å². The van der Waals surface area contributed by atoms with Crippen molar-refractivity contribution in [2.24, 2.45) is 0 Å². The number of phenols is 1. The number of hydrogen-bond donors (Lipinski definition) is 1. The predicted octanol–water partition coefficient (Wildman–Crippen LogP) is 3.82. The number of carbonyl (C=O) groups excluding carboxylic acids is 1. The van der Waals surface area contributed by atoms with Crippen LogP contribution in [0.1, 0.15) is 34.0 Å². The number of carbonyl (C=O) groups is 1. The van der Waals surface area contributed by atoms with Gasteiger partial charge in [-0.15, -0.1) is 0 Å². The second-order valence-corrected chi connectivity index (χ2v) is 6.89. The standard InChI is InChI=1S/C20H22ClNO4/c1-12(23)17-9-16(21)6-15(20(17)24)11-22-5-4-13-7-18(25-2)19(26-3)8-14(13)10-22/h6-9,24H,4-5,10-11H2,1-3H3. The van der Waals surface area contributed by atoms with Gasteiger partial charge >= 0.3 is 0 Å². The Labute approximate surface area is 158 Å². The van der Waals surface area contributed by atoms with Gasteiger partial charge in [0.25, 0.3) is 0 Å². The first-order valence-electron chi connectivity index (χ1n) is 8.41. The molecule has 2 aromatic carbocycles. The summed E-state index contributed by atoms with van der Waals surface area (Å²) in [6.07, 6.45) is 0.872. The van der Waals surface area contributed by atoms with Gasteiger partial charge in [-0.1, -0.05) is 11.6 Å². The normalized spacial score (nSPS) is 14.0. The van der Waals surface area contributed by atoms with E-state index in [1.54, 1.807) is 20.3 Å². The second kappa shape index (κ2) is 7.56. The highest BCUT2D eigenvalue weighted by molar-refractivity contribution is 6.31. The lowest BCUT2D eigenvalue weighted by molar-refractivity contribution is 0.101. The Kier molecular flexibility index (Phi) is 5.39. The fourth-order valence-electron chi connectivity index (χ4n) is 3.36. The number of Topliss-reactive ketones (excluding diaryl/α,β-unsaturated/α-hetero) is 1. The van der Waals surface area contributed by atoms with Crippen LogP contribution in [-0.2, 0) is 19.5 Å². The number of aromatic hydroxyl groups is 1. The number of nitrogens with zero attached hydrogens (tertiary/aromatic N) is 1. The number of phenolic OH excluding ortho intramolecular Hbond substituents is 1. The third-order valence-electron chi connectivity index (χ3n) is 4.72. The number of benzene rings is 2. The van der Waals surface area contributed by atoms with Gasteiger partial charge in [-0.2, -0.15) is 0 Å². The maximum Gasteiger partial charge on any atom is 0.163 e. The lowest BCUT2D eigenvalue weighted by Gasteiger charge is -2.30. The van der Waals surface area contributed by atoms with Crippen molar-refractivity contribution in [2.45, 2.75) is 26.4 Å². The molecule has 1 N–H and O–H groups in total. The van der Waals surface area contributed by atoms with E-state index in [0.29, 0.717) is 22.9 Å². The largest absolute Gasteiger partial charge is 0.507 e. The maximum absolute atomic E-state index is 11.7. The average Bonchev–Trinajstić information content (AvgIpc) is 2.62. The molecule has 0 spiro atoms. The van der Waals surface area contributed by atoms with E-state index in [1.165, 1.54) is 24.1 Å². The van der Waals surface area contributed by atoms with Crippen molar-refractivity contribution in [3.8, 4) is 17.2 Å². The summed E-state index contributed by atoms with van der Waals surface area (Å²) in [5, 5.41) is 10.9. The molecule has 138 valence electrons. The van der Waals surface area contributed by atoms with Crippen LogP contribution in [-0.4, -0.2) is 36.6 Å². The van der Waals surface area contributed by atoms with Crippen molar-refractivity contribution in [1.82, 2.24) is 4.90 Å². The van der Waals surface area contributed by atoms with Crippen molar-refractivity contribution < 1.29 is 19.4 Å². The molecule has 0 saturated heterocycles. The maximum atomic E-state index is 11.7. The Balaban J connectivity index is 1.85. The van der Waals surface area contributed by atoms with Gasteiger partial charge in [0.15, 0.2) is 17.3 Å². The first kappa shape index (κ1) is 18.5. The summed E-state index contributed by atoms with van der Waals surface area (Å²) in [5.41, 5.74) is 3.32. The lowest BCUT2D eigenvalue weighted by atomic mass is 9.98. The molecule has 2 aromatic rings. The minimum Gasteiger partial charge on any atom is -0.507 e. The summed E-state index contributed by atoms with van der Waals surface area (Å²) < 4.78 is 10.8. The summed E-state index contributed by atoms with van der Waals surface area (Å²) in [4.78, 5) is 13.9. The fraction of sp³-hybridized carbons (Fsp3) is 0.350. The molecule has 5 nitrogen and oxygen atoms in total. The van der Waals surface area contributed by atoms with Crippen LogP contribution < -0.4 is 9.47 Å². The molecule has 26 heavy (non-hydrogen) atoms. The lowest BCUT2D eigenvalue weighted by Crippen LogP contribution is -2.30. The fourth-order valence-corrected chi connectivity index (χ4v) is 3.60. The first-order valence-corrected chi connectivity index (χ1v) is 8.79. The predicted molar refractivity (Wildman–Crippen MR) is 100 cm³/mol. The van der Waals surface area contributed by atoms with E-state index in [4.69, 9.17) is 21.1 Å². The molecule has 1 aliphatic rings. The van der Waals surface area contributed by atoms with Crippen LogP contribution in [0.4, 0.5) is 0 Å². The molecule has 3 rings (SSSR count). The van der Waals surface area contributed by atoms with Gasteiger partial charge in [0.1, 0.15) is 5.75 Å². The third kappa shape index (κ3) is 3.64. The molecular formula is C20H22ClNO4. The Morgan fingerprint density at radius 3 is 2.42 bits per heavy atom. The van der Waals surface area contributed by atoms with E-state index in [-0.39, 0.29) is 17.1 Å². The van der Waals surface area contributed by atoms with E-state index in [2.05, 4.69) is 4.90 Å². The molecule has 6 heteroatoms. The van der Waals surface area contributed by atoms with Crippen LogP contribution in [0.2, 0.25) is 5.02 Å². The number of hydrogen-bond acceptors (Lipinski definition) is 5. The van der Waals surface area contributed by atoms with Gasteiger partial charge in [-0.05, 0) is 48.7 Å². The molecule has 0 aromatic heterocycles. The van der Waals surface area contributed by atoms with Gasteiger partial charge in [-0.3, -0.25) is 9.69 Å². The summed E-state index contributed by atoms with van der Waals surface area (Å²) in [6.45, 7) is 3.49. The van der Waals surface area contributed by atoms with Crippen LogP contribution >= 0.6 is 11.6 Å². The Morgan fingerprint density at radius 2 is 1.81 bits per heavy atom. The number of halogens is 1. The number of fused-ring (bicyclic) bond motifs is 1. The molecule has 0 saturated carbocycles.